The van der Waals surface area contributed by atoms with Gasteiger partial charge in [-0.25, -0.2) is 4.98 Å². The molecule has 0 saturated heterocycles. The van der Waals surface area contributed by atoms with Gasteiger partial charge in [-0.05, 0) is 49.3 Å². The van der Waals surface area contributed by atoms with Gasteiger partial charge >= 0.3 is 0 Å². The molecule has 1 aliphatic carbocycles. The molecule has 4 nitrogen and oxygen atoms in total. The smallest absolute Gasteiger partial charge is 0.224 e. The van der Waals surface area contributed by atoms with Crippen LogP contribution in [0, 0.1) is 6.92 Å². The van der Waals surface area contributed by atoms with Crippen LogP contribution in [-0.4, -0.2) is 21.5 Å². The van der Waals surface area contributed by atoms with Crippen LogP contribution in [0.2, 0.25) is 0 Å². The van der Waals surface area contributed by atoms with Crippen molar-refractivity contribution in [1.29, 1.82) is 0 Å². The number of hydrogen-bond donors (Lipinski definition) is 1. The Morgan fingerprint density at radius 3 is 3.09 bits per heavy atom. The summed E-state index contributed by atoms with van der Waals surface area (Å²) < 4.78 is 2.18. The fourth-order valence-corrected chi connectivity index (χ4v) is 3.90. The molecule has 1 aliphatic heterocycles. The predicted molar refractivity (Wildman–Crippen MR) is 89.4 cm³/mol. The Bertz CT molecular complexity index is 747. The SMILES string of the molecule is Cc1cn2c(n1)CC[C@@H](NC(=O)Cc1ccc3c(c1)CCC3)C2. The molecule has 2 heterocycles. The molecule has 1 aromatic heterocycles. The number of rotatable bonds is 3. The van der Waals surface area contributed by atoms with Gasteiger partial charge in [-0.3, -0.25) is 4.79 Å². The lowest BCUT2D eigenvalue weighted by atomic mass is 10.0. The molecule has 0 unspecified atom stereocenters. The molecule has 0 bridgehead atoms. The molecule has 4 heteroatoms. The van der Waals surface area contributed by atoms with Crippen LogP contribution in [0.4, 0.5) is 0 Å². The van der Waals surface area contributed by atoms with Gasteiger partial charge in [0.05, 0.1) is 12.1 Å². The molecule has 1 aromatic carbocycles. The van der Waals surface area contributed by atoms with Crippen molar-refractivity contribution in [3.8, 4) is 0 Å². The minimum absolute atomic E-state index is 0.133. The third-order valence-corrected chi connectivity index (χ3v) is 5.01. The van der Waals surface area contributed by atoms with Crippen LogP contribution in [0.15, 0.2) is 24.4 Å². The maximum atomic E-state index is 12.4. The first-order valence-corrected chi connectivity index (χ1v) is 8.60. The summed E-state index contributed by atoms with van der Waals surface area (Å²) in [4.78, 5) is 16.9. The minimum atomic E-state index is 0.133. The molecule has 1 N–H and O–H groups in total. The largest absolute Gasteiger partial charge is 0.351 e. The van der Waals surface area contributed by atoms with Crippen molar-refractivity contribution in [2.75, 3.05) is 0 Å². The highest BCUT2D eigenvalue weighted by atomic mass is 16.1. The summed E-state index contributed by atoms with van der Waals surface area (Å²) in [5, 5.41) is 3.20. The average Bonchev–Trinajstić information content (AvgIpc) is 3.11. The number of benzene rings is 1. The second-order valence-electron chi connectivity index (χ2n) is 6.89. The quantitative estimate of drug-likeness (QED) is 0.946. The monoisotopic (exact) mass is 309 g/mol. The summed E-state index contributed by atoms with van der Waals surface area (Å²) >= 11 is 0. The van der Waals surface area contributed by atoms with Gasteiger partial charge in [0.1, 0.15) is 5.82 Å². The van der Waals surface area contributed by atoms with Crippen LogP contribution >= 0.6 is 0 Å². The lowest BCUT2D eigenvalue weighted by molar-refractivity contribution is -0.121. The molecule has 1 amide bonds. The lowest BCUT2D eigenvalue weighted by Gasteiger charge is -2.24. The van der Waals surface area contributed by atoms with Crippen molar-refractivity contribution >= 4 is 5.91 Å². The number of aromatic nitrogens is 2. The van der Waals surface area contributed by atoms with Gasteiger partial charge in [-0.2, -0.15) is 0 Å². The standard InChI is InChI=1S/C19H23N3O/c1-13-11-22-12-17(7-8-18(22)20-13)21-19(23)10-14-5-6-15-3-2-4-16(15)9-14/h5-6,9,11,17H,2-4,7-8,10,12H2,1H3,(H,21,23)/t17-/m1/s1. The molecule has 0 spiro atoms. The average molecular weight is 309 g/mol. The van der Waals surface area contributed by atoms with Crippen LogP contribution < -0.4 is 5.32 Å². The number of nitrogens with zero attached hydrogens (tertiary/aromatic N) is 2. The van der Waals surface area contributed by atoms with E-state index in [0.717, 1.165) is 42.9 Å². The highest BCUT2D eigenvalue weighted by molar-refractivity contribution is 5.79. The molecule has 2 aromatic rings. The Kier molecular flexibility index (Phi) is 3.68. The summed E-state index contributed by atoms with van der Waals surface area (Å²) in [5.74, 6) is 1.28. The Hall–Kier alpha value is -2.10. The fourth-order valence-electron chi connectivity index (χ4n) is 3.90. The summed E-state index contributed by atoms with van der Waals surface area (Å²) in [6.45, 7) is 2.86. The fraction of sp³-hybridized carbons (Fsp3) is 0.474. The molecule has 23 heavy (non-hydrogen) atoms. The molecule has 1 atom stereocenters. The van der Waals surface area contributed by atoms with Gasteiger partial charge in [0.2, 0.25) is 5.91 Å². The van der Waals surface area contributed by atoms with Crippen LogP contribution in [0.1, 0.15) is 41.1 Å². The maximum absolute atomic E-state index is 12.4. The summed E-state index contributed by atoms with van der Waals surface area (Å²) in [6, 6.07) is 6.76. The Morgan fingerprint density at radius 1 is 1.30 bits per heavy atom. The van der Waals surface area contributed by atoms with E-state index in [-0.39, 0.29) is 11.9 Å². The van der Waals surface area contributed by atoms with Crippen LogP contribution in [-0.2, 0) is 37.0 Å². The van der Waals surface area contributed by atoms with Crippen molar-refractivity contribution < 1.29 is 4.79 Å². The van der Waals surface area contributed by atoms with Gasteiger partial charge in [0, 0.05) is 25.2 Å². The highest BCUT2D eigenvalue weighted by Gasteiger charge is 2.21. The molecule has 0 saturated carbocycles. The zero-order valence-electron chi connectivity index (χ0n) is 13.6. The Labute approximate surface area is 136 Å². The van der Waals surface area contributed by atoms with E-state index in [2.05, 4.69) is 39.3 Å². The number of carbonyl (C=O) groups is 1. The first-order chi connectivity index (χ1) is 11.2. The Morgan fingerprint density at radius 2 is 2.17 bits per heavy atom. The first kappa shape index (κ1) is 14.5. The van der Waals surface area contributed by atoms with E-state index >= 15 is 0 Å². The summed E-state index contributed by atoms with van der Waals surface area (Å²) in [5.41, 5.74) is 5.10. The minimum Gasteiger partial charge on any atom is -0.351 e. The van der Waals surface area contributed by atoms with E-state index in [0.29, 0.717) is 6.42 Å². The zero-order chi connectivity index (χ0) is 15.8. The number of aryl methyl sites for hydroxylation is 4. The second-order valence-corrected chi connectivity index (χ2v) is 6.89. The molecule has 4 rings (SSSR count). The van der Waals surface area contributed by atoms with Crippen molar-refractivity contribution in [3.05, 3.63) is 52.6 Å². The lowest BCUT2D eigenvalue weighted by Crippen LogP contribution is -2.41. The van der Waals surface area contributed by atoms with E-state index in [1.165, 1.54) is 24.0 Å². The van der Waals surface area contributed by atoms with Gasteiger partial charge in [0.15, 0.2) is 0 Å². The van der Waals surface area contributed by atoms with Gasteiger partial charge in [0.25, 0.3) is 0 Å². The van der Waals surface area contributed by atoms with E-state index in [1.54, 1.807) is 0 Å². The number of hydrogen-bond acceptors (Lipinski definition) is 2. The molecular formula is C19H23N3O. The Balaban J connectivity index is 1.37. The first-order valence-electron chi connectivity index (χ1n) is 8.60. The van der Waals surface area contributed by atoms with Gasteiger partial charge in [-0.15, -0.1) is 0 Å². The van der Waals surface area contributed by atoms with Gasteiger partial charge < -0.3 is 9.88 Å². The predicted octanol–water partition coefficient (Wildman–Crippen LogP) is 2.35. The van der Waals surface area contributed by atoms with E-state index in [4.69, 9.17) is 0 Å². The van der Waals surface area contributed by atoms with Crippen molar-refractivity contribution in [1.82, 2.24) is 14.9 Å². The zero-order valence-corrected chi connectivity index (χ0v) is 13.6. The van der Waals surface area contributed by atoms with Crippen molar-refractivity contribution in [2.45, 2.75) is 58.0 Å². The topological polar surface area (TPSA) is 46.9 Å². The number of imidazole rings is 1. The van der Waals surface area contributed by atoms with Crippen LogP contribution in [0.25, 0.3) is 0 Å². The van der Waals surface area contributed by atoms with E-state index in [9.17, 15) is 4.79 Å². The molecule has 0 fully saturated rings. The molecular weight excluding hydrogens is 286 g/mol. The molecule has 120 valence electrons. The molecule has 0 radical (unpaired) electrons. The number of nitrogens with one attached hydrogen (secondary N) is 1. The number of fused-ring (bicyclic) bond motifs is 2. The second kappa shape index (κ2) is 5.84. The molecule has 2 aliphatic rings. The third-order valence-electron chi connectivity index (χ3n) is 5.01. The van der Waals surface area contributed by atoms with Crippen LogP contribution in [0.5, 0.6) is 0 Å². The van der Waals surface area contributed by atoms with Crippen LogP contribution in [0.3, 0.4) is 0 Å². The number of carbonyl (C=O) groups excluding carboxylic acids is 1. The third kappa shape index (κ3) is 3.03. The van der Waals surface area contributed by atoms with Crippen molar-refractivity contribution in [2.24, 2.45) is 0 Å². The normalized spacial score (nSPS) is 19.3. The van der Waals surface area contributed by atoms with Crippen molar-refractivity contribution in [3.63, 3.8) is 0 Å². The van der Waals surface area contributed by atoms with E-state index < -0.39 is 0 Å². The van der Waals surface area contributed by atoms with Gasteiger partial charge in [-0.1, -0.05) is 18.2 Å². The summed E-state index contributed by atoms with van der Waals surface area (Å²) in [6.07, 6.45) is 8.09. The maximum Gasteiger partial charge on any atom is 0.224 e. The number of amides is 1. The van der Waals surface area contributed by atoms with E-state index in [1.807, 2.05) is 6.92 Å². The summed E-state index contributed by atoms with van der Waals surface area (Å²) in [7, 11) is 0. The highest BCUT2D eigenvalue weighted by Crippen LogP contribution is 2.23.